The van der Waals surface area contributed by atoms with Crippen molar-refractivity contribution in [1.29, 1.82) is 0 Å². The molecule has 1 aromatic carbocycles. The molecule has 0 spiro atoms. The molecule has 0 aliphatic carbocycles. The highest BCUT2D eigenvalue weighted by Gasteiger charge is 2.62. The van der Waals surface area contributed by atoms with Crippen LogP contribution < -0.4 is 10.6 Å². The zero-order valence-corrected chi connectivity index (χ0v) is 18.9. The number of anilines is 2. The molecule has 3 fully saturated rings. The molecule has 2 N–H and O–H groups in total. The van der Waals surface area contributed by atoms with E-state index in [-0.39, 0.29) is 30.1 Å². The van der Waals surface area contributed by atoms with Crippen LogP contribution in [0.25, 0.3) is 0 Å². The first-order valence-corrected chi connectivity index (χ1v) is 13.0. The monoisotopic (exact) mass is 441 g/mol. The molecule has 1 aromatic rings. The number of aliphatic imine (C=N–C) groups is 1. The van der Waals surface area contributed by atoms with E-state index in [9.17, 15) is 0 Å². The number of thioether (sulfide) groups is 1. The molecular weight excluding hydrogens is 408 g/mol. The topological polar surface area (TPSA) is 58.1 Å². The van der Waals surface area contributed by atoms with Gasteiger partial charge in [0.2, 0.25) is 0 Å². The molecule has 0 aromatic heterocycles. The summed E-state index contributed by atoms with van der Waals surface area (Å²) in [4.78, 5) is 7.77. The highest BCUT2D eigenvalue weighted by molar-refractivity contribution is 8.02. The Morgan fingerprint density at radius 2 is 1.81 bits per heavy atom. The van der Waals surface area contributed by atoms with Crippen LogP contribution in [-0.2, 0) is 9.47 Å². The van der Waals surface area contributed by atoms with Gasteiger partial charge < -0.3 is 20.1 Å². The molecule has 0 saturated carbocycles. The molecule has 31 heavy (non-hydrogen) atoms. The molecule has 6 rings (SSSR count). The SMILES string of the molecule is C1=NC(C2(C3Nc4ccccc4N3)CS[C](C3CCCCO3)N2C2CCCO2)CCC1. The van der Waals surface area contributed by atoms with Gasteiger partial charge in [0, 0.05) is 19.0 Å². The number of nitrogens with zero attached hydrogens (tertiary/aromatic N) is 2. The predicted octanol–water partition coefficient (Wildman–Crippen LogP) is 4.46. The van der Waals surface area contributed by atoms with Crippen LogP contribution in [0.5, 0.6) is 0 Å². The molecule has 5 aliphatic rings. The average molecular weight is 442 g/mol. The normalized spacial score (nSPS) is 37.0. The molecular formula is C24H33N4O2S. The molecule has 0 bridgehead atoms. The Kier molecular flexibility index (Phi) is 5.63. The Bertz CT molecular complexity index is 786. The fourth-order valence-corrected chi connectivity index (χ4v) is 7.63. The van der Waals surface area contributed by atoms with E-state index in [2.05, 4.69) is 46.0 Å². The lowest BCUT2D eigenvalue weighted by Gasteiger charge is -2.50. The molecule has 6 nitrogen and oxygen atoms in total. The number of benzene rings is 1. The van der Waals surface area contributed by atoms with Crippen molar-refractivity contribution in [2.24, 2.45) is 4.99 Å². The van der Waals surface area contributed by atoms with Gasteiger partial charge in [-0.25, -0.2) is 4.90 Å². The number of nitrogens with one attached hydrogen (secondary N) is 2. The van der Waals surface area contributed by atoms with E-state index in [1.165, 1.54) is 36.0 Å². The zero-order chi connectivity index (χ0) is 20.7. The lowest BCUT2D eigenvalue weighted by atomic mass is 9.81. The number of para-hydroxylation sites is 2. The second kappa shape index (κ2) is 8.58. The molecule has 5 aliphatic heterocycles. The Balaban J connectivity index is 1.41. The van der Waals surface area contributed by atoms with Gasteiger partial charge >= 0.3 is 0 Å². The quantitative estimate of drug-likeness (QED) is 0.720. The number of hydrogen-bond donors (Lipinski definition) is 2. The third-order valence-corrected chi connectivity index (χ3v) is 8.85. The molecule has 167 valence electrons. The summed E-state index contributed by atoms with van der Waals surface area (Å²) in [6.45, 7) is 1.72. The average Bonchev–Trinajstić information content (AvgIpc) is 3.58. The van der Waals surface area contributed by atoms with Crippen molar-refractivity contribution in [3.8, 4) is 0 Å². The Labute approximate surface area is 189 Å². The van der Waals surface area contributed by atoms with Crippen molar-refractivity contribution in [2.45, 2.75) is 81.4 Å². The fraction of sp³-hybridized carbons (Fsp3) is 0.667. The molecule has 0 amide bonds. The molecule has 4 unspecified atom stereocenters. The van der Waals surface area contributed by atoms with E-state index in [1.54, 1.807) is 0 Å². The summed E-state index contributed by atoms with van der Waals surface area (Å²) in [5, 5.41) is 9.06. The van der Waals surface area contributed by atoms with Gasteiger partial charge in [-0.3, -0.25) is 4.99 Å². The standard InChI is InChI=1S/C24H33N4O2S/c1-2-9-18-17(8-1)26-23(27-18)24(20-11-3-5-13-25-20)16-31-22(19-10-4-6-14-29-19)28(24)21-12-7-15-30-21/h1-2,8-9,13,19-21,23,26-27H,3-7,10-12,14-16H2. The Morgan fingerprint density at radius 1 is 0.968 bits per heavy atom. The lowest BCUT2D eigenvalue weighted by Crippen LogP contribution is -2.68. The van der Waals surface area contributed by atoms with E-state index < -0.39 is 0 Å². The van der Waals surface area contributed by atoms with Crippen LogP contribution in [0.15, 0.2) is 29.3 Å². The maximum Gasteiger partial charge on any atom is 0.127 e. The fourth-order valence-electron chi connectivity index (χ4n) is 5.95. The van der Waals surface area contributed by atoms with Crippen LogP contribution in [0.3, 0.4) is 0 Å². The van der Waals surface area contributed by atoms with Crippen molar-refractivity contribution in [3.05, 3.63) is 29.6 Å². The van der Waals surface area contributed by atoms with Crippen LogP contribution in [0.1, 0.15) is 51.4 Å². The number of hydrogen-bond acceptors (Lipinski definition) is 7. The third-order valence-electron chi connectivity index (χ3n) is 7.49. The van der Waals surface area contributed by atoms with Crippen LogP contribution in [0.4, 0.5) is 11.4 Å². The zero-order valence-electron chi connectivity index (χ0n) is 18.1. The molecule has 1 radical (unpaired) electrons. The maximum atomic E-state index is 6.37. The van der Waals surface area contributed by atoms with Crippen LogP contribution >= 0.6 is 11.8 Å². The number of ether oxygens (including phenoxy) is 2. The van der Waals surface area contributed by atoms with Gasteiger partial charge in [0.15, 0.2) is 0 Å². The largest absolute Gasteiger partial charge is 0.375 e. The van der Waals surface area contributed by atoms with E-state index in [4.69, 9.17) is 14.5 Å². The second-order valence-corrected chi connectivity index (χ2v) is 10.4. The van der Waals surface area contributed by atoms with E-state index in [1.807, 2.05) is 11.8 Å². The number of rotatable bonds is 4. The van der Waals surface area contributed by atoms with Gasteiger partial charge in [-0.2, -0.15) is 0 Å². The Hall–Kier alpha value is -1.28. The van der Waals surface area contributed by atoms with E-state index in [0.717, 1.165) is 51.1 Å². The predicted molar refractivity (Wildman–Crippen MR) is 126 cm³/mol. The highest BCUT2D eigenvalue weighted by Crippen LogP contribution is 2.54. The summed E-state index contributed by atoms with van der Waals surface area (Å²) in [7, 11) is 0. The van der Waals surface area contributed by atoms with Gasteiger partial charge in [0.1, 0.15) is 17.8 Å². The van der Waals surface area contributed by atoms with E-state index >= 15 is 0 Å². The summed E-state index contributed by atoms with van der Waals surface area (Å²) in [6.07, 6.45) is 11.7. The smallest absolute Gasteiger partial charge is 0.127 e. The van der Waals surface area contributed by atoms with Crippen LogP contribution in [-0.4, -0.2) is 60.2 Å². The van der Waals surface area contributed by atoms with Gasteiger partial charge in [-0.1, -0.05) is 12.1 Å². The van der Waals surface area contributed by atoms with Gasteiger partial charge in [-0.15, -0.1) is 11.8 Å². The summed E-state index contributed by atoms with van der Waals surface area (Å²) >= 11 is 1.99. The third kappa shape index (κ3) is 3.48. The minimum atomic E-state index is -0.189. The Morgan fingerprint density at radius 3 is 2.48 bits per heavy atom. The first-order chi connectivity index (χ1) is 15.4. The van der Waals surface area contributed by atoms with Crippen molar-refractivity contribution in [2.75, 3.05) is 29.6 Å². The summed E-state index contributed by atoms with van der Waals surface area (Å²) < 4.78 is 12.7. The molecule has 3 saturated heterocycles. The van der Waals surface area contributed by atoms with Crippen molar-refractivity contribution < 1.29 is 9.47 Å². The summed E-state index contributed by atoms with van der Waals surface area (Å²) in [5.41, 5.74) is 2.18. The maximum absolute atomic E-state index is 6.37. The lowest BCUT2D eigenvalue weighted by molar-refractivity contribution is -0.0920. The van der Waals surface area contributed by atoms with Gasteiger partial charge in [-0.05, 0) is 69.7 Å². The minimum Gasteiger partial charge on any atom is -0.375 e. The van der Waals surface area contributed by atoms with Crippen LogP contribution in [0, 0.1) is 5.37 Å². The van der Waals surface area contributed by atoms with Crippen molar-refractivity contribution >= 4 is 29.4 Å². The van der Waals surface area contributed by atoms with Crippen molar-refractivity contribution in [1.82, 2.24) is 4.90 Å². The van der Waals surface area contributed by atoms with Crippen LogP contribution in [0.2, 0.25) is 0 Å². The van der Waals surface area contributed by atoms with E-state index in [0.29, 0.717) is 0 Å². The van der Waals surface area contributed by atoms with Gasteiger partial charge in [0.05, 0.1) is 29.1 Å². The van der Waals surface area contributed by atoms with Crippen molar-refractivity contribution in [3.63, 3.8) is 0 Å². The first kappa shape index (κ1) is 20.3. The number of fused-ring (bicyclic) bond motifs is 1. The minimum absolute atomic E-state index is 0.0861. The first-order valence-electron chi connectivity index (χ1n) is 12.0. The summed E-state index contributed by atoms with van der Waals surface area (Å²) in [6, 6.07) is 8.80. The molecule has 4 atom stereocenters. The highest BCUT2D eigenvalue weighted by atomic mass is 32.2. The molecule has 7 heteroatoms. The molecule has 5 heterocycles. The summed E-state index contributed by atoms with van der Waals surface area (Å²) in [5.74, 6) is 1.00. The van der Waals surface area contributed by atoms with Gasteiger partial charge in [0.25, 0.3) is 0 Å². The second-order valence-electron chi connectivity index (χ2n) is 9.36.